The number of carbonyl (C=O) groups is 2. The highest BCUT2D eigenvalue weighted by atomic mass is 16.5. The minimum absolute atomic E-state index is 0.0684. The van der Waals surface area contributed by atoms with Gasteiger partial charge in [-0.05, 0) is 37.0 Å². The third-order valence-electron chi connectivity index (χ3n) is 6.56. The molecule has 0 spiro atoms. The van der Waals surface area contributed by atoms with Crippen molar-refractivity contribution in [1.29, 1.82) is 0 Å². The molecule has 170 valence electrons. The molecule has 2 fully saturated rings. The van der Waals surface area contributed by atoms with Crippen LogP contribution >= 0.6 is 0 Å². The fourth-order valence-corrected chi connectivity index (χ4v) is 4.67. The molecule has 2 aliphatic heterocycles. The quantitative estimate of drug-likeness (QED) is 0.739. The zero-order chi connectivity index (χ0) is 22.5. The van der Waals surface area contributed by atoms with Crippen molar-refractivity contribution in [2.45, 2.75) is 25.8 Å². The summed E-state index contributed by atoms with van der Waals surface area (Å²) in [5.41, 5.74) is 3.01. The van der Waals surface area contributed by atoms with Crippen LogP contribution < -0.4 is 0 Å². The first-order valence-electron chi connectivity index (χ1n) is 11.4. The summed E-state index contributed by atoms with van der Waals surface area (Å²) < 4.78 is 5.35. The van der Waals surface area contributed by atoms with Crippen LogP contribution in [0.25, 0.3) is 0 Å². The Hall–Kier alpha value is -2.93. The molecular formula is C25H32N4O3. The van der Waals surface area contributed by atoms with Gasteiger partial charge >= 0.3 is 6.03 Å². The van der Waals surface area contributed by atoms with Crippen molar-refractivity contribution in [2.24, 2.45) is 5.92 Å². The molecule has 0 saturated carbocycles. The van der Waals surface area contributed by atoms with Crippen molar-refractivity contribution in [3.63, 3.8) is 0 Å². The van der Waals surface area contributed by atoms with E-state index in [-0.39, 0.29) is 23.9 Å². The molecule has 7 nitrogen and oxygen atoms in total. The van der Waals surface area contributed by atoms with Gasteiger partial charge in [0.2, 0.25) is 5.91 Å². The molecule has 2 saturated heterocycles. The average Bonchev–Trinajstić information content (AvgIpc) is 2.85. The van der Waals surface area contributed by atoms with Crippen LogP contribution in [0.2, 0.25) is 0 Å². The molecule has 3 amide bonds. The highest BCUT2D eigenvalue weighted by molar-refractivity contribution is 5.80. The number of ether oxygens (including phenoxy) is 1. The van der Waals surface area contributed by atoms with Gasteiger partial charge in [0.25, 0.3) is 0 Å². The standard InChI is InChI=1S/C25H32N4O3/c1-19-7-6-12-26-22(19)23(20-8-4-3-5-9-20)27(2)24(30)21-10-13-28(14-11-21)25(31)29-15-17-32-18-16-29/h3-9,12,21,23H,10-11,13-18H2,1-2H3. The lowest BCUT2D eigenvalue weighted by Gasteiger charge is -2.38. The van der Waals surface area contributed by atoms with E-state index >= 15 is 0 Å². The summed E-state index contributed by atoms with van der Waals surface area (Å²) in [7, 11) is 1.87. The number of amides is 3. The molecule has 0 aliphatic carbocycles. The third kappa shape index (κ3) is 4.78. The van der Waals surface area contributed by atoms with Gasteiger partial charge in [0.05, 0.1) is 24.9 Å². The lowest BCUT2D eigenvalue weighted by atomic mass is 9.92. The number of aryl methyl sites for hydroxylation is 1. The third-order valence-corrected chi connectivity index (χ3v) is 6.56. The Bertz CT molecular complexity index is 922. The van der Waals surface area contributed by atoms with Gasteiger partial charge in [0.15, 0.2) is 0 Å². The number of hydrogen-bond acceptors (Lipinski definition) is 4. The first kappa shape index (κ1) is 22.3. The van der Waals surface area contributed by atoms with E-state index in [9.17, 15) is 9.59 Å². The van der Waals surface area contributed by atoms with E-state index in [4.69, 9.17) is 4.74 Å². The van der Waals surface area contributed by atoms with Crippen molar-refractivity contribution in [3.8, 4) is 0 Å². The molecular weight excluding hydrogens is 404 g/mol. The smallest absolute Gasteiger partial charge is 0.320 e. The number of benzene rings is 1. The molecule has 1 atom stereocenters. The van der Waals surface area contributed by atoms with E-state index in [0.717, 1.165) is 16.8 Å². The second-order valence-electron chi connectivity index (χ2n) is 8.61. The largest absolute Gasteiger partial charge is 0.378 e. The second kappa shape index (κ2) is 10.1. The summed E-state index contributed by atoms with van der Waals surface area (Å²) in [5, 5.41) is 0. The van der Waals surface area contributed by atoms with Crippen LogP contribution in [0, 0.1) is 12.8 Å². The van der Waals surface area contributed by atoms with Gasteiger partial charge in [-0.1, -0.05) is 36.4 Å². The zero-order valence-corrected chi connectivity index (χ0v) is 18.9. The predicted molar refractivity (Wildman–Crippen MR) is 122 cm³/mol. The summed E-state index contributed by atoms with van der Waals surface area (Å²) in [6.45, 7) is 5.73. The van der Waals surface area contributed by atoms with Crippen molar-refractivity contribution >= 4 is 11.9 Å². The summed E-state index contributed by atoms with van der Waals surface area (Å²) in [4.78, 5) is 36.5. The number of hydrogen-bond donors (Lipinski definition) is 0. The Morgan fingerprint density at radius 3 is 2.31 bits per heavy atom. The highest BCUT2D eigenvalue weighted by Gasteiger charge is 2.34. The van der Waals surface area contributed by atoms with Crippen molar-refractivity contribution in [2.75, 3.05) is 46.4 Å². The molecule has 32 heavy (non-hydrogen) atoms. The number of likely N-dealkylation sites (tertiary alicyclic amines) is 1. The minimum atomic E-state index is -0.238. The number of nitrogens with zero attached hydrogens (tertiary/aromatic N) is 4. The van der Waals surface area contributed by atoms with Crippen LogP contribution in [-0.4, -0.2) is 78.1 Å². The summed E-state index contributed by atoms with van der Waals surface area (Å²) in [6, 6.07) is 13.9. The topological polar surface area (TPSA) is 66.0 Å². The number of aromatic nitrogens is 1. The van der Waals surface area contributed by atoms with Gasteiger partial charge in [-0.15, -0.1) is 0 Å². The Kier molecular flexibility index (Phi) is 7.05. The maximum absolute atomic E-state index is 13.5. The molecule has 3 heterocycles. The lowest BCUT2D eigenvalue weighted by molar-refractivity contribution is -0.137. The first-order valence-corrected chi connectivity index (χ1v) is 11.4. The minimum Gasteiger partial charge on any atom is -0.378 e. The Balaban J connectivity index is 1.46. The van der Waals surface area contributed by atoms with E-state index in [2.05, 4.69) is 4.98 Å². The van der Waals surface area contributed by atoms with Gasteiger partial charge in [-0.2, -0.15) is 0 Å². The SMILES string of the molecule is Cc1cccnc1C(c1ccccc1)N(C)C(=O)C1CCN(C(=O)N2CCOCC2)CC1. The van der Waals surface area contributed by atoms with E-state index in [0.29, 0.717) is 52.2 Å². The van der Waals surface area contributed by atoms with E-state index in [1.807, 2.05) is 71.1 Å². The van der Waals surface area contributed by atoms with Gasteiger partial charge < -0.3 is 19.4 Å². The monoisotopic (exact) mass is 436 g/mol. The number of rotatable bonds is 4. The maximum atomic E-state index is 13.5. The number of piperidine rings is 1. The van der Waals surface area contributed by atoms with Crippen molar-refractivity contribution in [3.05, 3.63) is 65.5 Å². The number of pyridine rings is 1. The van der Waals surface area contributed by atoms with E-state index < -0.39 is 0 Å². The number of carbonyl (C=O) groups excluding carboxylic acids is 2. The van der Waals surface area contributed by atoms with Gasteiger partial charge in [0.1, 0.15) is 0 Å². The molecule has 7 heteroatoms. The lowest BCUT2D eigenvalue weighted by Crippen LogP contribution is -2.51. The van der Waals surface area contributed by atoms with Crippen LogP contribution in [0.5, 0.6) is 0 Å². The van der Waals surface area contributed by atoms with Crippen molar-refractivity contribution in [1.82, 2.24) is 19.7 Å². The molecule has 2 aliphatic rings. The predicted octanol–water partition coefficient (Wildman–Crippen LogP) is 3.10. The van der Waals surface area contributed by atoms with Gasteiger partial charge in [-0.25, -0.2) is 4.79 Å². The normalized spacial score (nSPS) is 18.3. The zero-order valence-electron chi connectivity index (χ0n) is 18.9. The second-order valence-corrected chi connectivity index (χ2v) is 8.61. The summed E-state index contributed by atoms with van der Waals surface area (Å²) in [6.07, 6.45) is 3.15. The molecule has 1 aromatic carbocycles. The van der Waals surface area contributed by atoms with E-state index in [1.165, 1.54) is 0 Å². The van der Waals surface area contributed by atoms with Gasteiger partial charge in [-0.3, -0.25) is 9.78 Å². The molecule has 1 aromatic heterocycles. The maximum Gasteiger partial charge on any atom is 0.320 e. The van der Waals surface area contributed by atoms with Crippen LogP contribution in [0.1, 0.15) is 35.7 Å². The number of urea groups is 1. The first-order chi connectivity index (χ1) is 15.6. The van der Waals surface area contributed by atoms with Crippen LogP contribution in [0.15, 0.2) is 48.7 Å². The molecule has 1 unspecified atom stereocenters. The fourth-order valence-electron chi connectivity index (χ4n) is 4.67. The molecule has 4 rings (SSSR count). The summed E-state index contributed by atoms with van der Waals surface area (Å²) >= 11 is 0. The average molecular weight is 437 g/mol. The Morgan fingerprint density at radius 1 is 1.00 bits per heavy atom. The molecule has 0 N–H and O–H groups in total. The Morgan fingerprint density at radius 2 is 1.66 bits per heavy atom. The Labute approximate surface area is 190 Å². The number of morpholine rings is 1. The molecule has 2 aromatic rings. The van der Waals surface area contributed by atoms with E-state index in [1.54, 1.807) is 6.20 Å². The molecule has 0 bridgehead atoms. The van der Waals surface area contributed by atoms with Crippen LogP contribution in [0.3, 0.4) is 0 Å². The van der Waals surface area contributed by atoms with Crippen LogP contribution in [0.4, 0.5) is 4.79 Å². The highest BCUT2D eigenvalue weighted by Crippen LogP contribution is 2.31. The summed E-state index contributed by atoms with van der Waals surface area (Å²) in [5.74, 6) is 0.0198. The van der Waals surface area contributed by atoms with Crippen molar-refractivity contribution < 1.29 is 14.3 Å². The van der Waals surface area contributed by atoms with Gasteiger partial charge in [0, 0.05) is 45.3 Å². The fraction of sp³-hybridized carbons (Fsp3) is 0.480. The van der Waals surface area contributed by atoms with Crippen LogP contribution in [-0.2, 0) is 9.53 Å². The molecule has 0 radical (unpaired) electrons.